The van der Waals surface area contributed by atoms with Gasteiger partial charge in [-0.05, 0) is 6.08 Å². The fraction of sp³-hybridized carbons (Fsp3) is 0.267. The summed E-state index contributed by atoms with van der Waals surface area (Å²) < 4.78 is 10.1. The molecule has 1 atom stereocenters. The molecule has 2 N–H and O–H groups in total. The number of aliphatic hydroxyl groups is 2. The number of rotatable bonds is 4. The van der Waals surface area contributed by atoms with Gasteiger partial charge in [-0.1, -0.05) is 36.4 Å². The van der Waals surface area contributed by atoms with Gasteiger partial charge in [-0.15, -0.1) is 0 Å². The number of aliphatic hydroxyl groups excluding tert-OH is 2. The van der Waals surface area contributed by atoms with Crippen LogP contribution in [0.5, 0.6) is 0 Å². The summed E-state index contributed by atoms with van der Waals surface area (Å²) in [6.07, 6.45) is 2.87. The molecular formula is C15H16O5. The van der Waals surface area contributed by atoms with Crippen molar-refractivity contribution in [2.45, 2.75) is 5.79 Å². The van der Waals surface area contributed by atoms with Crippen molar-refractivity contribution in [2.24, 2.45) is 5.92 Å². The number of hydrogen-bond donors (Lipinski definition) is 2. The van der Waals surface area contributed by atoms with Crippen LogP contribution in [0.1, 0.15) is 10.4 Å². The maximum absolute atomic E-state index is 12.3. The molecule has 0 aromatic heterocycles. The summed E-state index contributed by atoms with van der Waals surface area (Å²) in [4.78, 5) is 12.3. The summed E-state index contributed by atoms with van der Waals surface area (Å²) in [7, 11) is 2.66. The molecule has 2 rings (SSSR count). The van der Waals surface area contributed by atoms with Gasteiger partial charge in [0.05, 0.1) is 0 Å². The van der Waals surface area contributed by atoms with Crippen LogP contribution >= 0.6 is 0 Å². The van der Waals surface area contributed by atoms with Gasteiger partial charge in [0, 0.05) is 19.8 Å². The quantitative estimate of drug-likeness (QED) is 0.501. The molecule has 0 aliphatic heterocycles. The highest BCUT2D eigenvalue weighted by Crippen LogP contribution is 2.33. The number of hydrogen-bond acceptors (Lipinski definition) is 5. The van der Waals surface area contributed by atoms with E-state index in [9.17, 15) is 15.0 Å². The smallest absolute Gasteiger partial charge is 0.250 e. The molecule has 20 heavy (non-hydrogen) atoms. The van der Waals surface area contributed by atoms with E-state index in [-0.39, 0.29) is 5.78 Å². The average molecular weight is 276 g/mol. The zero-order valence-electron chi connectivity index (χ0n) is 11.2. The number of methoxy groups -OCH3 is 2. The molecular weight excluding hydrogens is 260 g/mol. The number of Topliss-reactive ketones (excluding diaryl/α,β-unsaturated/α-hetero) is 1. The van der Waals surface area contributed by atoms with Crippen molar-refractivity contribution in [3.05, 3.63) is 59.6 Å². The zero-order valence-corrected chi connectivity index (χ0v) is 11.2. The fourth-order valence-corrected chi connectivity index (χ4v) is 2.13. The van der Waals surface area contributed by atoms with Gasteiger partial charge in [-0.25, -0.2) is 0 Å². The molecule has 0 fully saturated rings. The second-order valence-electron chi connectivity index (χ2n) is 4.38. The summed E-state index contributed by atoms with van der Waals surface area (Å²) in [5.41, 5.74) is 0.448. The van der Waals surface area contributed by atoms with Gasteiger partial charge in [-0.2, -0.15) is 0 Å². The largest absolute Gasteiger partial charge is 0.507 e. The summed E-state index contributed by atoms with van der Waals surface area (Å²) in [6.45, 7) is 0. The molecule has 1 aromatic carbocycles. The van der Waals surface area contributed by atoms with E-state index in [1.807, 2.05) is 0 Å². The van der Waals surface area contributed by atoms with E-state index in [2.05, 4.69) is 0 Å². The molecule has 0 saturated carbocycles. The molecule has 0 spiro atoms. The Morgan fingerprint density at radius 1 is 1.15 bits per heavy atom. The topological polar surface area (TPSA) is 76.0 Å². The van der Waals surface area contributed by atoms with Gasteiger partial charge in [0.15, 0.2) is 17.3 Å². The first-order valence-corrected chi connectivity index (χ1v) is 6.07. The van der Waals surface area contributed by atoms with Crippen LogP contribution in [-0.4, -0.2) is 36.0 Å². The molecule has 0 saturated heterocycles. The number of carbonyl (C=O) groups excluding carboxylic acids is 1. The Kier molecular flexibility index (Phi) is 3.92. The fourth-order valence-electron chi connectivity index (χ4n) is 2.13. The Hall–Kier alpha value is -2.11. The Balaban J connectivity index is 2.36. The zero-order chi connectivity index (χ0) is 14.8. The number of ether oxygens (including phenoxy) is 2. The summed E-state index contributed by atoms with van der Waals surface area (Å²) in [6, 6.07) is 8.55. The highest BCUT2D eigenvalue weighted by atomic mass is 16.7. The van der Waals surface area contributed by atoms with Crippen LogP contribution in [0.3, 0.4) is 0 Å². The number of allylic oxidation sites excluding steroid dienone is 1. The van der Waals surface area contributed by atoms with E-state index in [4.69, 9.17) is 9.47 Å². The van der Waals surface area contributed by atoms with Gasteiger partial charge in [0.25, 0.3) is 5.79 Å². The lowest BCUT2D eigenvalue weighted by molar-refractivity contribution is -0.166. The second kappa shape index (κ2) is 5.48. The number of carbonyl (C=O) groups is 1. The lowest BCUT2D eigenvalue weighted by Crippen LogP contribution is -2.39. The first-order valence-electron chi connectivity index (χ1n) is 6.07. The third kappa shape index (κ3) is 2.21. The van der Waals surface area contributed by atoms with Gasteiger partial charge in [0.1, 0.15) is 5.92 Å². The Morgan fingerprint density at radius 3 is 2.30 bits per heavy atom. The van der Waals surface area contributed by atoms with Gasteiger partial charge in [-0.3, -0.25) is 4.79 Å². The molecule has 1 aliphatic carbocycles. The van der Waals surface area contributed by atoms with Crippen LogP contribution in [0.25, 0.3) is 0 Å². The maximum Gasteiger partial charge on any atom is 0.250 e. The van der Waals surface area contributed by atoms with Crippen LogP contribution in [0.15, 0.2) is 54.0 Å². The van der Waals surface area contributed by atoms with Crippen LogP contribution in [0.2, 0.25) is 0 Å². The van der Waals surface area contributed by atoms with E-state index < -0.39 is 23.2 Å². The van der Waals surface area contributed by atoms with Crippen molar-refractivity contribution in [2.75, 3.05) is 14.2 Å². The predicted octanol–water partition coefficient (Wildman–Crippen LogP) is 2.37. The molecule has 0 amide bonds. The number of benzene rings is 1. The summed E-state index contributed by atoms with van der Waals surface area (Å²) >= 11 is 0. The predicted molar refractivity (Wildman–Crippen MR) is 72.4 cm³/mol. The highest BCUT2D eigenvalue weighted by Gasteiger charge is 2.42. The molecule has 5 heteroatoms. The van der Waals surface area contributed by atoms with Crippen molar-refractivity contribution in [3.63, 3.8) is 0 Å². The lowest BCUT2D eigenvalue weighted by Gasteiger charge is -2.31. The van der Waals surface area contributed by atoms with E-state index >= 15 is 0 Å². The molecule has 0 heterocycles. The van der Waals surface area contributed by atoms with Crippen LogP contribution < -0.4 is 0 Å². The van der Waals surface area contributed by atoms with Crippen molar-refractivity contribution in [3.8, 4) is 0 Å². The molecule has 5 nitrogen and oxygen atoms in total. The monoisotopic (exact) mass is 276 g/mol. The highest BCUT2D eigenvalue weighted by molar-refractivity contribution is 6.00. The SMILES string of the molecule is COC1(OC)C=CC(C(=O)c2ccccc2)C(O)=C1O. The molecule has 1 unspecified atom stereocenters. The van der Waals surface area contributed by atoms with E-state index in [1.165, 1.54) is 26.4 Å². The molecule has 106 valence electrons. The second-order valence-corrected chi connectivity index (χ2v) is 4.38. The molecule has 1 aromatic rings. The first kappa shape index (κ1) is 14.3. The Labute approximate surface area is 116 Å². The minimum atomic E-state index is -1.54. The van der Waals surface area contributed by atoms with E-state index in [0.29, 0.717) is 5.56 Å². The first-order chi connectivity index (χ1) is 9.55. The number of ketones is 1. The van der Waals surface area contributed by atoms with Crippen LogP contribution in [0, 0.1) is 5.92 Å². The van der Waals surface area contributed by atoms with Crippen molar-refractivity contribution in [1.82, 2.24) is 0 Å². The molecule has 1 aliphatic rings. The minimum absolute atomic E-state index is 0.313. The van der Waals surface area contributed by atoms with Crippen molar-refractivity contribution >= 4 is 5.78 Å². The summed E-state index contributed by atoms with van der Waals surface area (Å²) in [5, 5.41) is 20.1. The average Bonchev–Trinajstić information content (AvgIpc) is 2.51. The van der Waals surface area contributed by atoms with E-state index in [1.54, 1.807) is 30.3 Å². The van der Waals surface area contributed by atoms with Crippen LogP contribution in [0.4, 0.5) is 0 Å². The van der Waals surface area contributed by atoms with Gasteiger partial charge >= 0.3 is 0 Å². The van der Waals surface area contributed by atoms with E-state index in [0.717, 1.165) is 0 Å². The minimum Gasteiger partial charge on any atom is -0.507 e. The Bertz CT molecular complexity index is 555. The van der Waals surface area contributed by atoms with Crippen molar-refractivity contribution < 1.29 is 24.5 Å². The summed E-state index contributed by atoms with van der Waals surface area (Å²) in [5.74, 6) is -3.79. The normalized spacial score (nSPS) is 21.0. The van der Waals surface area contributed by atoms with Gasteiger partial charge < -0.3 is 19.7 Å². The Morgan fingerprint density at radius 2 is 1.75 bits per heavy atom. The van der Waals surface area contributed by atoms with Crippen LogP contribution in [-0.2, 0) is 9.47 Å². The maximum atomic E-state index is 12.3. The van der Waals surface area contributed by atoms with Gasteiger partial charge in [0.2, 0.25) is 0 Å². The third-order valence-corrected chi connectivity index (χ3v) is 3.32. The lowest BCUT2D eigenvalue weighted by atomic mass is 9.89. The van der Waals surface area contributed by atoms with Crippen molar-refractivity contribution in [1.29, 1.82) is 0 Å². The standard InChI is InChI=1S/C15H16O5/c1-19-15(20-2)9-8-11(13(17)14(15)18)12(16)10-6-4-3-5-7-10/h3-9,11,17-18H,1-2H3. The molecule has 0 bridgehead atoms. The molecule has 0 radical (unpaired) electrons. The third-order valence-electron chi connectivity index (χ3n) is 3.32.